The molecular weight excluding hydrogens is 326 g/mol. The van der Waals surface area contributed by atoms with Crippen molar-refractivity contribution in [2.24, 2.45) is 0 Å². The Hall–Kier alpha value is -2.62. The van der Waals surface area contributed by atoms with Crippen molar-refractivity contribution < 1.29 is 14.3 Å². The van der Waals surface area contributed by atoms with Gasteiger partial charge in [0, 0.05) is 5.69 Å². The fraction of sp³-hybridized carbons (Fsp3) is 0.364. The number of ether oxygens (including phenoxy) is 1. The maximum atomic E-state index is 12.6. The highest BCUT2D eigenvalue weighted by Crippen LogP contribution is 2.27. The standard InChI is InChI=1S/C22H27NO3/c1-13(2)18-9-7-8-16(5)20(18)23-21(24)17(6)26-22(25)19-12-14(3)10-11-15(19)4/h7-13,17H,1-6H3,(H,23,24). The zero-order valence-corrected chi connectivity index (χ0v) is 16.3. The summed E-state index contributed by atoms with van der Waals surface area (Å²) >= 11 is 0. The van der Waals surface area contributed by atoms with Crippen molar-refractivity contribution in [2.75, 3.05) is 5.32 Å². The zero-order valence-electron chi connectivity index (χ0n) is 16.3. The van der Waals surface area contributed by atoms with E-state index in [-0.39, 0.29) is 11.8 Å². The van der Waals surface area contributed by atoms with Crippen LogP contribution in [0.2, 0.25) is 0 Å². The van der Waals surface area contributed by atoms with E-state index in [2.05, 4.69) is 19.2 Å². The van der Waals surface area contributed by atoms with E-state index in [1.165, 1.54) is 0 Å². The van der Waals surface area contributed by atoms with Crippen LogP contribution in [0, 0.1) is 20.8 Å². The number of aryl methyl sites for hydroxylation is 3. The van der Waals surface area contributed by atoms with Gasteiger partial charge in [0.1, 0.15) is 0 Å². The number of anilines is 1. The summed E-state index contributed by atoms with van der Waals surface area (Å²) < 4.78 is 5.40. The van der Waals surface area contributed by atoms with Crippen molar-refractivity contribution in [3.05, 3.63) is 64.2 Å². The van der Waals surface area contributed by atoms with Gasteiger partial charge in [-0.05, 0) is 56.4 Å². The lowest BCUT2D eigenvalue weighted by molar-refractivity contribution is -0.123. The molecule has 0 bridgehead atoms. The maximum absolute atomic E-state index is 12.6. The molecule has 0 fully saturated rings. The second kappa shape index (κ2) is 8.17. The molecular formula is C22H27NO3. The summed E-state index contributed by atoms with van der Waals surface area (Å²) in [6.07, 6.45) is -0.887. The van der Waals surface area contributed by atoms with E-state index in [1.807, 2.05) is 51.1 Å². The molecule has 2 aromatic rings. The first kappa shape index (κ1) is 19.7. The molecule has 1 atom stereocenters. The summed E-state index contributed by atoms with van der Waals surface area (Å²) in [5.74, 6) is -0.541. The van der Waals surface area contributed by atoms with Crippen LogP contribution in [-0.2, 0) is 9.53 Å². The van der Waals surface area contributed by atoms with E-state index in [1.54, 1.807) is 13.0 Å². The van der Waals surface area contributed by atoms with E-state index < -0.39 is 12.1 Å². The van der Waals surface area contributed by atoms with Crippen molar-refractivity contribution in [1.29, 1.82) is 0 Å². The molecule has 0 saturated heterocycles. The lowest BCUT2D eigenvalue weighted by atomic mass is 9.98. The van der Waals surface area contributed by atoms with Gasteiger partial charge < -0.3 is 10.1 Å². The van der Waals surface area contributed by atoms with Crippen LogP contribution in [0.25, 0.3) is 0 Å². The third-order valence-electron chi connectivity index (χ3n) is 4.44. The van der Waals surface area contributed by atoms with E-state index in [0.717, 1.165) is 27.9 Å². The average Bonchev–Trinajstić information content (AvgIpc) is 2.58. The summed E-state index contributed by atoms with van der Waals surface area (Å²) in [4.78, 5) is 25.0. The lowest BCUT2D eigenvalue weighted by Crippen LogP contribution is -2.31. The van der Waals surface area contributed by atoms with Gasteiger partial charge >= 0.3 is 5.97 Å². The van der Waals surface area contributed by atoms with Crippen LogP contribution in [0.15, 0.2) is 36.4 Å². The number of esters is 1. The van der Waals surface area contributed by atoms with Crippen molar-refractivity contribution in [3.63, 3.8) is 0 Å². The zero-order chi connectivity index (χ0) is 19.4. The van der Waals surface area contributed by atoms with Gasteiger partial charge in [-0.3, -0.25) is 4.79 Å². The highest BCUT2D eigenvalue weighted by molar-refractivity contribution is 5.98. The number of benzene rings is 2. The highest BCUT2D eigenvalue weighted by Gasteiger charge is 2.22. The van der Waals surface area contributed by atoms with Crippen LogP contribution in [-0.4, -0.2) is 18.0 Å². The molecule has 138 valence electrons. The Morgan fingerprint density at radius 3 is 2.31 bits per heavy atom. The molecule has 0 aliphatic rings. The van der Waals surface area contributed by atoms with E-state index in [4.69, 9.17) is 4.74 Å². The fourth-order valence-electron chi connectivity index (χ4n) is 2.80. The Balaban J connectivity index is 2.14. The van der Waals surface area contributed by atoms with Crippen LogP contribution in [0.4, 0.5) is 5.69 Å². The lowest BCUT2D eigenvalue weighted by Gasteiger charge is -2.19. The summed E-state index contributed by atoms with van der Waals surface area (Å²) in [5, 5.41) is 2.93. The van der Waals surface area contributed by atoms with Crippen molar-refractivity contribution in [1.82, 2.24) is 0 Å². The summed E-state index contributed by atoms with van der Waals surface area (Å²) in [6.45, 7) is 11.5. The second-order valence-electron chi connectivity index (χ2n) is 7.05. The minimum Gasteiger partial charge on any atom is -0.449 e. The third kappa shape index (κ3) is 4.51. The van der Waals surface area contributed by atoms with Crippen LogP contribution in [0.5, 0.6) is 0 Å². The molecule has 1 amide bonds. The number of hydrogen-bond acceptors (Lipinski definition) is 3. The largest absolute Gasteiger partial charge is 0.449 e. The minimum absolute atomic E-state index is 0.276. The molecule has 0 aliphatic heterocycles. The molecule has 0 aliphatic carbocycles. The molecule has 0 aromatic heterocycles. The first-order chi connectivity index (χ1) is 12.2. The number of carbonyl (C=O) groups is 2. The third-order valence-corrected chi connectivity index (χ3v) is 4.44. The molecule has 1 unspecified atom stereocenters. The van der Waals surface area contributed by atoms with Gasteiger partial charge in [-0.1, -0.05) is 49.7 Å². The van der Waals surface area contributed by atoms with Gasteiger partial charge in [0.15, 0.2) is 6.10 Å². The van der Waals surface area contributed by atoms with Crippen molar-refractivity contribution >= 4 is 17.6 Å². The Labute approximate surface area is 155 Å². The number of amides is 1. The van der Waals surface area contributed by atoms with Crippen LogP contribution in [0.3, 0.4) is 0 Å². The topological polar surface area (TPSA) is 55.4 Å². The number of carbonyl (C=O) groups excluding carboxylic acids is 2. The molecule has 0 radical (unpaired) electrons. The Morgan fingerprint density at radius 2 is 1.65 bits per heavy atom. The molecule has 0 saturated carbocycles. The van der Waals surface area contributed by atoms with E-state index in [0.29, 0.717) is 5.56 Å². The smallest absolute Gasteiger partial charge is 0.339 e. The number of para-hydroxylation sites is 1. The maximum Gasteiger partial charge on any atom is 0.339 e. The number of hydrogen-bond donors (Lipinski definition) is 1. The Bertz CT molecular complexity index is 824. The summed E-state index contributed by atoms with van der Waals surface area (Å²) in [6, 6.07) is 11.5. The van der Waals surface area contributed by atoms with E-state index >= 15 is 0 Å². The van der Waals surface area contributed by atoms with Gasteiger partial charge in [0.25, 0.3) is 5.91 Å². The van der Waals surface area contributed by atoms with Crippen LogP contribution < -0.4 is 5.32 Å². The number of nitrogens with one attached hydrogen (secondary N) is 1. The van der Waals surface area contributed by atoms with Gasteiger partial charge in [-0.25, -0.2) is 4.79 Å². The van der Waals surface area contributed by atoms with Crippen molar-refractivity contribution in [2.45, 2.75) is 53.6 Å². The molecule has 2 aromatic carbocycles. The highest BCUT2D eigenvalue weighted by atomic mass is 16.5. The first-order valence-electron chi connectivity index (χ1n) is 8.89. The minimum atomic E-state index is -0.887. The van der Waals surface area contributed by atoms with Crippen LogP contribution in [0.1, 0.15) is 59.3 Å². The second-order valence-corrected chi connectivity index (χ2v) is 7.05. The Kier molecular flexibility index (Phi) is 6.19. The first-order valence-corrected chi connectivity index (χ1v) is 8.89. The van der Waals surface area contributed by atoms with Crippen molar-refractivity contribution in [3.8, 4) is 0 Å². The van der Waals surface area contributed by atoms with Gasteiger partial charge in [-0.2, -0.15) is 0 Å². The molecule has 0 heterocycles. The quantitative estimate of drug-likeness (QED) is 0.776. The average molecular weight is 353 g/mol. The molecule has 0 spiro atoms. The molecule has 26 heavy (non-hydrogen) atoms. The molecule has 4 heteroatoms. The molecule has 4 nitrogen and oxygen atoms in total. The predicted octanol–water partition coefficient (Wildman–Crippen LogP) is 4.92. The van der Waals surface area contributed by atoms with Crippen LogP contribution >= 0.6 is 0 Å². The summed E-state index contributed by atoms with van der Waals surface area (Å²) in [5.41, 5.74) is 5.13. The van der Waals surface area contributed by atoms with Gasteiger partial charge in [0.05, 0.1) is 5.56 Å². The SMILES string of the molecule is Cc1ccc(C)c(C(=O)OC(C)C(=O)Nc2c(C)cccc2C(C)C)c1. The summed E-state index contributed by atoms with van der Waals surface area (Å²) in [7, 11) is 0. The van der Waals surface area contributed by atoms with Gasteiger partial charge in [-0.15, -0.1) is 0 Å². The normalized spacial score (nSPS) is 12.0. The molecule has 2 rings (SSSR count). The predicted molar refractivity (Wildman–Crippen MR) is 105 cm³/mol. The molecule has 1 N–H and O–H groups in total. The van der Waals surface area contributed by atoms with Gasteiger partial charge in [0.2, 0.25) is 0 Å². The fourth-order valence-corrected chi connectivity index (χ4v) is 2.80. The monoisotopic (exact) mass is 353 g/mol. The number of rotatable bonds is 5. The Morgan fingerprint density at radius 1 is 0.962 bits per heavy atom. The van der Waals surface area contributed by atoms with E-state index in [9.17, 15) is 9.59 Å².